The van der Waals surface area contributed by atoms with Crippen molar-refractivity contribution >= 4 is 22.9 Å². The number of thiazole rings is 1. The minimum Gasteiger partial charge on any atom is -0.482 e. The van der Waals surface area contributed by atoms with Crippen LogP contribution in [0.5, 0.6) is 5.75 Å². The zero-order valence-electron chi connectivity index (χ0n) is 11.7. The van der Waals surface area contributed by atoms with E-state index < -0.39 is 0 Å². The molecule has 0 bridgehead atoms. The maximum Gasteiger partial charge on any atom is 0.265 e. The lowest BCUT2D eigenvalue weighted by Crippen LogP contribution is -2.43. The highest BCUT2D eigenvalue weighted by atomic mass is 32.1. The molecule has 1 aliphatic rings. The van der Waals surface area contributed by atoms with Crippen molar-refractivity contribution in [1.82, 2.24) is 4.98 Å². The third kappa shape index (κ3) is 2.18. The number of nitrogens with zero attached hydrogens (tertiary/aromatic N) is 2. The van der Waals surface area contributed by atoms with Crippen molar-refractivity contribution in [3.8, 4) is 17.0 Å². The molecule has 3 rings (SSSR count). The van der Waals surface area contributed by atoms with E-state index in [4.69, 9.17) is 4.74 Å². The standard InChI is InChI=1S/C15H16N2O2S/c1-9(2)17-13-6-11(12-8-20-10(3)16-12)4-5-14(13)19-7-15(17)18/h4-6,8-9H,7H2,1-3H3. The Morgan fingerprint density at radius 3 is 2.85 bits per heavy atom. The highest BCUT2D eigenvalue weighted by Crippen LogP contribution is 2.37. The third-order valence-corrected chi connectivity index (χ3v) is 4.04. The number of anilines is 1. The number of rotatable bonds is 2. The maximum atomic E-state index is 12.0. The SMILES string of the molecule is Cc1nc(-c2ccc3c(c2)N(C(C)C)C(=O)CO3)cs1. The number of hydrogen-bond acceptors (Lipinski definition) is 4. The van der Waals surface area contributed by atoms with Crippen LogP contribution in [0.4, 0.5) is 5.69 Å². The average Bonchev–Trinajstić information content (AvgIpc) is 2.84. The zero-order valence-corrected chi connectivity index (χ0v) is 12.5. The van der Waals surface area contributed by atoms with Gasteiger partial charge >= 0.3 is 0 Å². The highest BCUT2D eigenvalue weighted by Gasteiger charge is 2.28. The second-order valence-corrected chi connectivity index (χ2v) is 6.14. The van der Waals surface area contributed by atoms with E-state index >= 15 is 0 Å². The summed E-state index contributed by atoms with van der Waals surface area (Å²) >= 11 is 1.62. The Hall–Kier alpha value is -1.88. The zero-order chi connectivity index (χ0) is 14.3. The topological polar surface area (TPSA) is 42.4 Å². The lowest BCUT2D eigenvalue weighted by atomic mass is 10.1. The summed E-state index contributed by atoms with van der Waals surface area (Å²) in [7, 11) is 0. The minimum atomic E-state index is -0.000826. The number of amides is 1. The molecule has 2 heterocycles. The Morgan fingerprint density at radius 2 is 2.20 bits per heavy atom. The fourth-order valence-electron chi connectivity index (χ4n) is 2.39. The predicted molar refractivity (Wildman–Crippen MR) is 80.4 cm³/mol. The van der Waals surface area contributed by atoms with Gasteiger partial charge in [0.05, 0.1) is 16.4 Å². The van der Waals surface area contributed by atoms with Crippen molar-refractivity contribution in [2.24, 2.45) is 0 Å². The first-order chi connectivity index (χ1) is 9.56. The summed E-state index contributed by atoms with van der Waals surface area (Å²) in [4.78, 5) is 18.3. The molecule has 0 spiro atoms. The van der Waals surface area contributed by atoms with Crippen LogP contribution in [-0.4, -0.2) is 23.5 Å². The van der Waals surface area contributed by atoms with E-state index in [0.717, 1.165) is 27.7 Å². The molecule has 0 radical (unpaired) electrons. The van der Waals surface area contributed by atoms with Crippen LogP contribution in [0.15, 0.2) is 23.6 Å². The molecule has 2 aromatic rings. The molecule has 0 N–H and O–H groups in total. The molecular weight excluding hydrogens is 272 g/mol. The number of aryl methyl sites for hydroxylation is 1. The number of carbonyl (C=O) groups excluding carboxylic acids is 1. The molecule has 5 heteroatoms. The minimum absolute atomic E-state index is 0.000826. The number of fused-ring (bicyclic) bond motifs is 1. The van der Waals surface area contributed by atoms with Crippen molar-refractivity contribution in [3.63, 3.8) is 0 Å². The number of aromatic nitrogens is 1. The molecule has 1 aromatic heterocycles. The monoisotopic (exact) mass is 288 g/mol. The molecular formula is C15H16N2O2S. The van der Waals surface area contributed by atoms with Gasteiger partial charge in [-0.25, -0.2) is 4.98 Å². The lowest BCUT2D eigenvalue weighted by molar-refractivity contribution is -0.121. The lowest BCUT2D eigenvalue weighted by Gasteiger charge is -2.32. The van der Waals surface area contributed by atoms with Crippen molar-refractivity contribution in [2.75, 3.05) is 11.5 Å². The van der Waals surface area contributed by atoms with Crippen LogP contribution in [-0.2, 0) is 4.79 Å². The quantitative estimate of drug-likeness (QED) is 0.852. The van der Waals surface area contributed by atoms with E-state index in [1.54, 1.807) is 16.2 Å². The van der Waals surface area contributed by atoms with Gasteiger partial charge in [-0.05, 0) is 39.0 Å². The smallest absolute Gasteiger partial charge is 0.265 e. The molecule has 0 aliphatic carbocycles. The van der Waals surface area contributed by atoms with Gasteiger partial charge in [-0.3, -0.25) is 4.79 Å². The molecule has 0 unspecified atom stereocenters. The number of benzene rings is 1. The van der Waals surface area contributed by atoms with Crippen LogP contribution in [0.2, 0.25) is 0 Å². The van der Waals surface area contributed by atoms with E-state index in [2.05, 4.69) is 4.98 Å². The number of hydrogen-bond donors (Lipinski definition) is 0. The van der Waals surface area contributed by atoms with Crippen LogP contribution in [0.25, 0.3) is 11.3 Å². The summed E-state index contributed by atoms with van der Waals surface area (Å²) in [5, 5.41) is 3.06. The van der Waals surface area contributed by atoms with Crippen LogP contribution in [0.1, 0.15) is 18.9 Å². The number of ether oxygens (including phenoxy) is 1. The summed E-state index contributed by atoms with van der Waals surface area (Å²) < 4.78 is 5.50. The van der Waals surface area contributed by atoms with Gasteiger partial charge in [-0.2, -0.15) is 0 Å². The molecule has 0 saturated heterocycles. The normalized spacial score (nSPS) is 14.4. The van der Waals surface area contributed by atoms with Crippen molar-refractivity contribution < 1.29 is 9.53 Å². The first-order valence-corrected chi connectivity index (χ1v) is 7.45. The van der Waals surface area contributed by atoms with Gasteiger partial charge in [0, 0.05) is 17.0 Å². The van der Waals surface area contributed by atoms with E-state index in [9.17, 15) is 4.79 Å². The summed E-state index contributed by atoms with van der Waals surface area (Å²) in [6.07, 6.45) is 0. The third-order valence-electron chi connectivity index (χ3n) is 3.27. The van der Waals surface area contributed by atoms with Gasteiger partial charge in [0.25, 0.3) is 5.91 Å². The van der Waals surface area contributed by atoms with Crippen molar-refractivity contribution in [1.29, 1.82) is 0 Å². The summed E-state index contributed by atoms with van der Waals surface area (Å²) in [6, 6.07) is 6.00. The van der Waals surface area contributed by atoms with Gasteiger partial charge < -0.3 is 9.64 Å². The molecule has 104 valence electrons. The van der Waals surface area contributed by atoms with Crippen LogP contribution >= 0.6 is 11.3 Å². The van der Waals surface area contributed by atoms with Gasteiger partial charge in [0.1, 0.15) is 5.75 Å². The van der Waals surface area contributed by atoms with E-state index in [-0.39, 0.29) is 18.6 Å². The Labute approximate surface area is 122 Å². The Kier molecular flexibility index (Phi) is 3.22. The van der Waals surface area contributed by atoms with Gasteiger partial charge in [0.15, 0.2) is 6.61 Å². The maximum absolute atomic E-state index is 12.0. The Morgan fingerprint density at radius 1 is 1.40 bits per heavy atom. The molecule has 4 nitrogen and oxygen atoms in total. The molecule has 0 fully saturated rings. The van der Waals surface area contributed by atoms with E-state index in [1.165, 1.54) is 0 Å². The van der Waals surface area contributed by atoms with Crippen LogP contribution in [0, 0.1) is 6.92 Å². The van der Waals surface area contributed by atoms with Crippen molar-refractivity contribution in [2.45, 2.75) is 26.8 Å². The molecule has 1 aliphatic heterocycles. The second-order valence-electron chi connectivity index (χ2n) is 5.08. The largest absolute Gasteiger partial charge is 0.482 e. The van der Waals surface area contributed by atoms with Crippen molar-refractivity contribution in [3.05, 3.63) is 28.6 Å². The fourth-order valence-corrected chi connectivity index (χ4v) is 3.01. The van der Waals surface area contributed by atoms with Gasteiger partial charge in [-0.1, -0.05) is 0 Å². The van der Waals surface area contributed by atoms with E-state index in [1.807, 2.05) is 44.4 Å². The summed E-state index contributed by atoms with van der Waals surface area (Å²) in [6.45, 7) is 6.11. The fraction of sp³-hybridized carbons (Fsp3) is 0.333. The van der Waals surface area contributed by atoms with Crippen LogP contribution in [0.3, 0.4) is 0 Å². The molecule has 1 amide bonds. The second kappa shape index (κ2) is 4.90. The Balaban J connectivity index is 2.08. The Bertz CT molecular complexity index is 664. The first-order valence-electron chi connectivity index (χ1n) is 6.57. The molecule has 0 atom stereocenters. The summed E-state index contributed by atoms with van der Waals surface area (Å²) in [5.74, 6) is 0.758. The van der Waals surface area contributed by atoms with Crippen LogP contribution < -0.4 is 9.64 Å². The summed E-state index contributed by atoms with van der Waals surface area (Å²) in [5.41, 5.74) is 2.79. The first kappa shape index (κ1) is 13.1. The van der Waals surface area contributed by atoms with Gasteiger partial charge in [0.2, 0.25) is 0 Å². The van der Waals surface area contributed by atoms with Gasteiger partial charge in [-0.15, -0.1) is 11.3 Å². The molecule has 1 aromatic carbocycles. The predicted octanol–water partition coefficient (Wildman–Crippen LogP) is 3.25. The van der Waals surface area contributed by atoms with E-state index in [0.29, 0.717) is 0 Å². The average molecular weight is 288 g/mol. The molecule has 0 saturated carbocycles. The highest BCUT2D eigenvalue weighted by molar-refractivity contribution is 7.09. The molecule has 20 heavy (non-hydrogen) atoms. The number of carbonyl (C=O) groups is 1.